The van der Waals surface area contributed by atoms with Gasteiger partial charge in [0.05, 0.1) is 6.10 Å². The molecule has 0 aromatic heterocycles. The molecule has 1 aromatic rings. The largest absolute Gasteiger partial charge is 0.508 e. The highest BCUT2D eigenvalue weighted by atomic mass is 16.5. The molecular formula is C13H17NO3. The minimum absolute atomic E-state index is 0.0274. The number of likely N-dealkylation sites (tertiary alicyclic amines) is 1. The Bertz CT molecular complexity index is 380. The summed E-state index contributed by atoms with van der Waals surface area (Å²) in [5, 5.41) is 9.17. The van der Waals surface area contributed by atoms with Crippen molar-refractivity contribution in [1.82, 2.24) is 4.90 Å². The molecule has 1 aliphatic heterocycles. The van der Waals surface area contributed by atoms with E-state index in [0.29, 0.717) is 5.56 Å². The molecule has 92 valence electrons. The number of aromatic hydroxyl groups is 1. The summed E-state index contributed by atoms with van der Waals surface area (Å²) in [5.74, 6) is 0.208. The fourth-order valence-corrected chi connectivity index (χ4v) is 2.08. The van der Waals surface area contributed by atoms with E-state index in [0.717, 1.165) is 25.9 Å². The fourth-order valence-electron chi connectivity index (χ4n) is 2.08. The molecule has 4 nitrogen and oxygen atoms in total. The minimum Gasteiger partial charge on any atom is -0.508 e. The van der Waals surface area contributed by atoms with Gasteiger partial charge < -0.3 is 14.7 Å². The quantitative estimate of drug-likeness (QED) is 0.847. The van der Waals surface area contributed by atoms with E-state index in [1.807, 2.05) is 4.90 Å². The second kappa shape index (κ2) is 5.19. The van der Waals surface area contributed by atoms with Gasteiger partial charge >= 0.3 is 0 Å². The van der Waals surface area contributed by atoms with Crippen LogP contribution in [0.3, 0.4) is 0 Å². The molecule has 0 saturated carbocycles. The van der Waals surface area contributed by atoms with Crippen LogP contribution in [0.4, 0.5) is 0 Å². The normalized spacial score (nSPS) is 17.1. The van der Waals surface area contributed by atoms with Crippen LogP contribution in [0.1, 0.15) is 23.2 Å². The van der Waals surface area contributed by atoms with Gasteiger partial charge in [0.2, 0.25) is 0 Å². The molecule has 4 heteroatoms. The molecule has 1 heterocycles. The lowest BCUT2D eigenvalue weighted by atomic mass is 10.1. The number of hydrogen-bond donors (Lipinski definition) is 1. The Balaban J connectivity index is 1.99. The lowest BCUT2D eigenvalue weighted by Crippen LogP contribution is -2.40. The summed E-state index contributed by atoms with van der Waals surface area (Å²) in [5.41, 5.74) is 0.624. The first-order valence-electron chi connectivity index (χ1n) is 5.82. The van der Waals surface area contributed by atoms with E-state index in [4.69, 9.17) is 4.74 Å². The van der Waals surface area contributed by atoms with Gasteiger partial charge in [-0.2, -0.15) is 0 Å². The van der Waals surface area contributed by atoms with Gasteiger partial charge in [-0.3, -0.25) is 4.79 Å². The number of phenols is 1. The molecule has 1 saturated heterocycles. The SMILES string of the molecule is COC1CCN(C(=O)c2ccc(O)cc2)CC1. The van der Waals surface area contributed by atoms with Crippen molar-refractivity contribution in [1.29, 1.82) is 0 Å². The molecule has 0 aliphatic carbocycles. The second-order valence-electron chi connectivity index (χ2n) is 4.27. The summed E-state index contributed by atoms with van der Waals surface area (Å²) in [6.07, 6.45) is 2.06. The zero-order valence-corrected chi connectivity index (χ0v) is 9.93. The molecule has 0 atom stereocenters. The number of hydrogen-bond acceptors (Lipinski definition) is 3. The molecule has 1 N–H and O–H groups in total. The molecule has 1 amide bonds. The van der Waals surface area contributed by atoms with E-state index in [2.05, 4.69) is 0 Å². The average molecular weight is 235 g/mol. The van der Waals surface area contributed by atoms with Gasteiger partial charge in [0.15, 0.2) is 0 Å². The zero-order chi connectivity index (χ0) is 12.3. The number of carbonyl (C=O) groups is 1. The summed E-state index contributed by atoms with van der Waals surface area (Å²) < 4.78 is 5.27. The van der Waals surface area contributed by atoms with Crippen molar-refractivity contribution in [2.75, 3.05) is 20.2 Å². The number of benzene rings is 1. The first-order valence-corrected chi connectivity index (χ1v) is 5.82. The number of carbonyl (C=O) groups excluding carboxylic acids is 1. The maximum Gasteiger partial charge on any atom is 0.253 e. The van der Waals surface area contributed by atoms with Crippen molar-refractivity contribution in [3.05, 3.63) is 29.8 Å². The number of methoxy groups -OCH3 is 1. The van der Waals surface area contributed by atoms with Crippen LogP contribution in [0.2, 0.25) is 0 Å². The summed E-state index contributed by atoms with van der Waals surface area (Å²) in [6, 6.07) is 6.38. The molecule has 1 aliphatic rings. The van der Waals surface area contributed by atoms with Crippen molar-refractivity contribution in [2.24, 2.45) is 0 Å². The van der Waals surface area contributed by atoms with E-state index >= 15 is 0 Å². The van der Waals surface area contributed by atoms with Crippen LogP contribution in [0, 0.1) is 0 Å². The lowest BCUT2D eigenvalue weighted by Gasteiger charge is -2.31. The molecule has 0 unspecified atom stereocenters. The van der Waals surface area contributed by atoms with Gasteiger partial charge in [-0.15, -0.1) is 0 Å². The van der Waals surface area contributed by atoms with Gasteiger partial charge in [0, 0.05) is 25.8 Å². The summed E-state index contributed by atoms with van der Waals surface area (Å²) in [7, 11) is 1.71. The number of piperidine rings is 1. The van der Waals surface area contributed by atoms with E-state index in [1.165, 1.54) is 12.1 Å². The van der Waals surface area contributed by atoms with Crippen LogP contribution in [-0.2, 0) is 4.74 Å². The summed E-state index contributed by atoms with van der Waals surface area (Å²) in [6.45, 7) is 1.47. The van der Waals surface area contributed by atoms with E-state index in [9.17, 15) is 9.90 Å². The smallest absolute Gasteiger partial charge is 0.253 e. The molecule has 17 heavy (non-hydrogen) atoms. The Hall–Kier alpha value is -1.55. The fraction of sp³-hybridized carbons (Fsp3) is 0.462. The molecule has 0 spiro atoms. The maximum atomic E-state index is 12.1. The highest BCUT2D eigenvalue weighted by Gasteiger charge is 2.23. The van der Waals surface area contributed by atoms with Crippen LogP contribution in [0.25, 0.3) is 0 Å². The number of ether oxygens (including phenoxy) is 1. The molecular weight excluding hydrogens is 218 g/mol. The summed E-state index contributed by atoms with van der Waals surface area (Å²) >= 11 is 0. The topological polar surface area (TPSA) is 49.8 Å². The minimum atomic E-state index is 0.0274. The Kier molecular flexibility index (Phi) is 3.64. The van der Waals surface area contributed by atoms with Gasteiger partial charge in [-0.05, 0) is 37.1 Å². The number of nitrogens with zero attached hydrogens (tertiary/aromatic N) is 1. The third-order valence-electron chi connectivity index (χ3n) is 3.18. The highest BCUT2D eigenvalue weighted by molar-refractivity contribution is 5.94. The third-order valence-corrected chi connectivity index (χ3v) is 3.18. The van der Waals surface area contributed by atoms with E-state index in [1.54, 1.807) is 19.2 Å². The maximum absolute atomic E-state index is 12.1. The lowest BCUT2D eigenvalue weighted by molar-refractivity contribution is 0.0351. The van der Waals surface area contributed by atoms with Crippen molar-refractivity contribution < 1.29 is 14.6 Å². The molecule has 2 rings (SSSR count). The molecule has 1 aromatic carbocycles. The highest BCUT2D eigenvalue weighted by Crippen LogP contribution is 2.17. The van der Waals surface area contributed by atoms with Crippen LogP contribution < -0.4 is 0 Å². The Labute approximate surface area is 101 Å². The molecule has 0 bridgehead atoms. The van der Waals surface area contributed by atoms with Gasteiger partial charge in [0.25, 0.3) is 5.91 Å². The van der Waals surface area contributed by atoms with Crippen molar-refractivity contribution in [2.45, 2.75) is 18.9 Å². The predicted octanol–water partition coefficient (Wildman–Crippen LogP) is 1.64. The molecule has 1 fully saturated rings. The summed E-state index contributed by atoms with van der Waals surface area (Å²) in [4.78, 5) is 13.9. The van der Waals surface area contributed by atoms with Crippen molar-refractivity contribution in [3.8, 4) is 5.75 Å². The van der Waals surface area contributed by atoms with Gasteiger partial charge in [-0.1, -0.05) is 0 Å². The Morgan fingerprint density at radius 2 is 1.88 bits per heavy atom. The van der Waals surface area contributed by atoms with Gasteiger partial charge in [0.1, 0.15) is 5.75 Å². The monoisotopic (exact) mass is 235 g/mol. The first-order chi connectivity index (χ1) is 8.20. The Morgan fingerprint density at radius 3 is 2.41 bits per heavy atom. The average Bonchev–Trinajstić information content (AvgIpc) is 2.39. The van der Waals surface area contributed by atoms with E-state index < -0.39 is 0 Å². The number of rotatable bonds is 2. The van der Waals surface area contributed by atoms with Crippen LogP contribution in [-0.4, -0.2) is 42.2 Å². The Morgan fingerprint density at radius 1 is 1.29 bits per heavy atom. The first kappa shape index (κ1) is 11.9. The molecule has 0 radical (unpaired) electrons. The van der Waals surface area contributed by atoms with Crippen molar-refractivity contribution in [3.63, 3.8) is 0 Å². The van der Waals surface area contributed by atoms with Gasteiger partial charge in [-0.25, -0.2) is 0 Å². The van der Waals surface area contributed by atoms with Crippen LogP contribution >= 0.6 is 0 Å². The second-order valence-corrected chi connectivity index (χ2v) is 4.27. The van der Waals surface area contributed by atoms with Crippen LogP contribution in [0.5, 0.6) is 5.75 Å². The number of phenolic OH excluding ortho intramolecular Hbond substituents is 1. The van der Waals surface area contributed by atoms with E-state index in [-0.39, 0.29) is 17.8 Å². The predicted molar refractivity (Wildman–Crippen MR) is 64.0 cm³/mol. The standard InChI is InChI=1S/C13H17NO3/c1-17-12-6-8-14(9-7-12)13(16)10-2-4-11(15)5-3-10/h2-5,12,15H,6-9H2,1H3. The zero-order valence-electron chi connectivity index (χ0n) is 9.93. The number of amides is 1. The third kappa shape index (κ3) is 2.77. The van der Waals surface area contributed by atoms with Crippen LogP contribution in [0.15, 0.2) is 24.3 Å². The van der Waals surface area contributed by atoms with Crippen molar-refractivity contribution >= 4 is 5.91 Å².